The summed E-state index contributed by atoms with van der Waals surface area (Å²) in [6, 6.07) is 5.39. The minimum Gasteiger partial charge on any atom is -0.485 e. The van der Waals surface area contributed by atoms with Gasteiger partial charge in [0.15, 0.2) is 11.6 Å². The molecule has 0 radical (unpaired) electrons. The number of aromatic nitrogens is 1. The molecule has 1 aromatic heterocycles. The van der Waals surface area contributed by atoms with Crippen molar-refractivity contribution in [1.82, 2.24) is 4.98 Å². The molecular formula is C14H12BrFN2O3. The number of rotatable bonds is 4. The molecule has 0 fully saturated rings. The molecule has 110 valence electrons. The maximum Gasteiger partial charge on any atom is 0.338 e. The Morgan fingerprint density at radius 3 is 2.90 bits per heavy atom. The highest BCUT2D eigenvalue weighted by molar-refractivity contribution is 9.10. The molecular weight excluding hydrogens is 343 g/mol. The van der Waals surface area contributed by atoms with Gasteiger partial charge in [-0.1, -0.05) is 0 Å². The van der Waals surface area contributed by atoms with E-state index in [-0.39, 0.29) is 18.0 Å². The number of nitrogens with zero attached hydrogens (tertiary/aromatic N) is 1. The van der Waals surface area contributed by atoms with E-state index in [0.717, 1.165) is 0 Å². The highest BCUT2D eigenvalue weighted by Crippen LogP contribution is 2.24. The number of ether oxygens (including phenoxy) is 2. The molecule has 0 aliphatic carbocycles. The first-order chi connectivity index (χ1) is 10.0. The van der Waals surface area contributed by atoms with E-state index >= 15 is 0 Å². The smallest absolute Gasteiger partial charge is 0.338 e. The van der Waals surface area contributed by atoms with Crippen LogP contribution in [0.3, 0.4) is 0 Å². The van der Waals surface area contributed by atoms with Gasteiger partial charge in [-0.15, -0.1) is 0 Å². The number of esters is 1. The summed E-state index contributed by atoms with van der Waals surface area (Å²) in [7, 11) is 1.26. The minimum atomic E-state index is -0.561. The average molecular weight is 355 g/mol. The molecule has 0 spiro atoms. The van der Waals surface area contributed by atoms with Gasteiger partial charge in [-0.2, -0.15) is 0 Å². The largest absolute Gasteiger partial charge is 0.485 e. The van der Waals surface area contributed by atoms with Crippen LogP contribution in [-0.2, 0) is 11.3 Å². The van der Waals surface area contributed by atoms with Crippen LogP contribution in [0.5, 0.6) is 5.75 Å². The second-order valence-electron chi connectivity index (χ2n) is 4.12. The van der Waals surface area contributed by atoms with Crippen molar-refractivity contribution in [3.8, 4) is 5.75 Å². The number of anilines is 1. The van der Waals surface area contributed by atoms with Crippen LogP contribution in [-0.4, -0.2) is 18.1 Å². The molecule has 0 atom stereocenters. The Morgan fingerprint density at radius 1 is 1.43 bits per heavy atom. The van der Waals surface area contributed by atoms with Crippen LogP contribution in [0.4, 0.5) is 10.2 Å². The first kappa shape index (κ1) is 15.2. The van der Waals surface area contributed by atoms with Crippen molar-refractivity contribution in [3.05, 3.63) is 51.9 Å². The summed E-state index contributed by atoms with van der Waals surface area (Å²) in [5, 5.41) is 0. The Bertz CT molecular complexity index is 679. The normalized spacial score (nSPS) is 10.2. The van der Waals surface area contributed by atoms with Crippen molar-refractivity contribution in [2.75, 3.05) is 12.8 Å². The number of carbonyl (C=O) groups excluding carboxylic acids is 1. The van der Waals surface area contributed by atoms with E-state index < -0.39 is 11.8 Å². The first-order valence-corrected chi connectivity index (χ1v) is 6.71. The van der Waals surface area contributed by atoms with E-state index in [4.69, 9.17) is 10.5 Å². The van der Waals surface area contributed by atoms with E-state index in [0.29, 0.717) is 15.8 Å². The maximum atomic E-state index is 13.3. The molecule has 2 N–H and O–H groups in total. The first-order valence-electron chi connectivity index (χ1n) is 5.92. The molecule has 0 bridgehead atoms. The molecule has 1 heterocycles. The molecule has 2 rings (SSSR count). The summed E-state index contributed by atoms with van der Waals surface area (Å²) < 4.78 is 24.2. The number of hydrogen-bond donors (Lipinski definition) is 1. The number of hydrogen-bond acceptors (Lipinski definition) is 5. The fourth-order valence-electron chi connectivity index (χ4n) is 1.69. The number of halogens is 2. The Kier molecular flexibility index (Phi) is 4.74. The molecule has 7 heteroatoms. The molecule has 0 saturated carbocycles. The second-order valence-corrected chi connectivity index (χ2v) is 5.03. The lowest BCUT2D eigenvalue weighted by Crippen LogP contribution is -2.09. The molecule has 21 heavy (non-hydrogen) atoms. The van der Waals surface area contributed by atoms with Crippen LogP contribution in [0.15, 0.2) is 34.9 Å². The lowest BCUT2D eigenvalue weighted by Gasteiger charge is -2.11. The lowest BCUT2D eigenvalue weighted by molar-refractivity contribution is 0.0597. The van der Waals surface area contributed by atoms with Crippen LogP contribution < -0.4 is 10.5 Å². The standard InChI is InChI=1S/C14H12BrFN2O3/c1-20-14(19)11-3-2-10(16)4-8(11)7-21-12-5-9(15)6-18-13(12)17/h2-6H,7H2,1H3,(H2,17,18). The number of nitrogens with two attached hydrogens (primary N) is 1. The Labute approximate surface area is 129 Å². The zero-order valence-electron chi connectivity index (χ0n) is 11.1. The van der Waals surface area contributed by atoms with E-state index in [1.165, 1.54) is 31.5 Å². The van der Waals surface area contributed by atoms with E-state index in [9.17, 15) is 9.18 Å². The van der Waals surface area contributed by atoms with Crippen LogP contribution >= 0.6 is 15.9 Å². The Hall–Kier alpha value is -2.15. The molecule has 0 amide bonds. The van der Waals surface area contributed by atoms with Gasteiger partial charge in [0.05, 0.1) is 12.7 Å². The lowest BCUT2D eigenvalue weighted by atomic mass is 10.1. The van der Waals surface area contributed by atoms with Gasteiger partial charge in [0.2, 0.25) is 0 Å². The van der Waals surface area contributed by atoms with Gasteiger partial charge in [-0.25, -0.2) is 14.2 Å². The summed E-state index contributed by atoms with van der Waals surface area (Å²) in [6.45, 7) is -0.0372. The SMILES string of the molecule is COC(=O)c1ccc(F)cc1COc1cc(Br)cnc1N. The monoisotopic (exact) mass is 354 g/mol. The summed E-state index contributed by atoms with van der Waals surface area (Å²) >= 11 is 3.25. The zero-order chi connectivity index (χ0) is 15.4. The predicted molar refractivity (Wildman–Crippen MR) is 78.4 cm³/mol. The van der Waals surface area contributed by atoms with Crippen LogP contribution in [0, 0.1) is 5.82 Å². The van der Waals surface area contributed by atoms with Crippen molar-refractivity contribution in [2.24, 2.45) is 0 Å². The quantitative estimate of drug-likeness (QED) is 0.854. The number of benzene rings is 1. The van der Waals surface area contributed by atoms with Gasteiger partial charge < -0.3 is 15.2 Å². The fraction of sp³-hybridized carbons (Fsp3) is 0.143. The highest BCUT2D eigenvalue weighted by atomic mass is 79.9. The molecule has 0 saturated heterocycles. The number of methoxy groups -OCH3 is 1. The molecule has 5 nitrogen and oxygen atoms in total. The van der Waals surface area contributed by atoms with Crippen molar-refractivity contribution in [2.45, 2.75) is 6.61 Å². The fourth-order valence-corrected chi connectivity index (χ4v) is 2.00. The van der Waals surface area contributed by atoms with Gasteiger partial charge in [-0.3, -0.25) is 0 Å². The van der Waals surface area contributed by atoms with Gasteiger partial charge in [0.25, 0.3) is 0 Å². The van der Waals surface area contributed by atoms with Crippen molar-refractivity contribution in [3.63, 3.8) is 0 Å². The average Bonchev–Trinajstić information content (AvgIpc) is 2.47. The molecule has 1 aromatic carbocycles. The van der Waals surface area contributed by atoms with Crippen molar-refractivity contribution in [1.29, 1.82) is 0 Å². The van der Waals surface area contributed by atoms with Crippen molar-refractivity contribution >= 4 is 27.7 Å². The summed E-state index contributed by atoms with van der Waals surface area (Å²) in [6.07, 6.45) is 1.53. The predicted octanol–water partition coefficient (Wildman–Crippen LogP) is 2.93. The van der Waals surface area contributed by atoms with Gasteiger partial charge in [-0.05, 0) is 40.2 Å². The minimum absolute atomic E-state index is 0.0372. The Balaban J connectivity index is 2.25. The van der Waals surface area contributed by atoms with E-state index in [1.807, 2.05) is 0 Å². The summed E-state index contributed by atoms with van der Waals surface area (Å²) in [5.74, 6) is -0.491. The van der Waals surface area contributed by atoms with E-state index in [2.05, 4.69) is 25.7 Å². The zero-order valence-corrected chi connectivity index (χ0v) is 12.7. The van der Waals surface area contributed by atoms with Gasteiger partial charge in [0.1, 0.15) is 12.4 Å². The Morgan fingerprint density at radius 2 is 2.19 bits per heavy atom. The maximum absolute atomic E-state index is 13.3. The number of carbonyl (C=O) groups is 1. The van der Waals surface area contributed by atoms with Crippen LogP contribution in [0.2, 0.25) is 0 Å². The van der Waals surface area contributed by atoms with Crippen molar-refractivity contribution < 1.29 is 18.7 Å². The third-order valence-electron chi connectivity index (χ3n) is 2.70. The highest BCUT2D eigenvalue weighted by Gasteiger charge is 2.14. The topological polar surface area (TPSA) is 74.4 Å². The van der Waals surface area contributed by atoms with Crippen LogP contribution in [0.1, 0.15) is 15.9 Å². The van der Waals surface area contributed by atoms with Gasteiger partial charge in [0, 0.05) is 16.2 Å². The summed E-state index contributed by atoms with van der Waals surface area (Å²) in [4.78, 5) is 15.6. The molecule has 2 aromatic rings. The molecule has 0 aliphatic heterocycles. The summed E-state index contributed by atoms with van der Waals surface area (Å²) in [5.41, 5.74) is 6.28. The van der Waals surface area contributed by atoms with Crippen LogP contribution in [0.25, 0.3) is 0 Å². The third kappa shape index (κ3) is 3.69. The van der Waals surface area contributed by atoms with Gasteiger partial charge >= 0.3 is 5.97 Å². The molecule has 0 aliphatic rings. The number of nitrogen functional groups attached to an aromatic ring is 1. The van der Waals surface area contributed by atoms with E-state index in [1.54, 1.807) is 6.07 Å². The third-order valence-corrected chi connectivity index (χ3v) is 3.14. The molecule has 0 unspecified atom stereocenters. The number of pyridine rings is 1. The second kappa shape index (κ2) is 6.53.